The Hall–Kier alpha value is -4.51. The van der Waals surface area contributed by atoms with Crippen molar-refractivity contribution in [3.8, 4) is 0 Å². The summed E-state index contributed by atoms with van der Waals surface area (Å²) in [4.78, 5) is 67.6. The van der Waals surface area contributed by atoms with Gasteiger partial charge in [-0.3, -0.25) is 19.4 Å². The van der Waals surface area contributed by atoms with E-state index in [0.717, 1.165) is 0 Å². The van der Waals surface area contributed by atoms with Gasteiger partial charge >= 0.3 is 5.97 Å². The maximum Gasteiger partial charge on any atom is 0.326 e. The Morgan fingerprint density at radius 1 is 0.949 bits per heavy atom. The van der Waals surface area contributed by atoms with E-state index in [-0.39, 0.29) is 31.8 Å². The molecule has 0 bridgehead atoms. The zero-order valence-corrected chi connectivity index (χ0v) is 21.3. The van der Waals surface area contributed by atoms with Crippen LogP contribution in [0.3, 0.4) is 0 Å². The lowest BCUT2D eigenvalue weighted by atomic mass is 10.1. The molecular weight excluding hydrogens is 514 g/mol. The Kier molecular flexibility index (Phi) is 11.8. The highest BCUT2D eigenvalue weighted by atomic mass is 16.4. The average Bonchev–Trinajstić information content (AvgIpc) is 3.58. The number of amides is 3. The molecular formula is C22H35N11O6. The molecule has 17 nitrogen and oxygen atoms in total. The van der Waals surface area contributed by atoms with Crippen LogP contribution >= 0.6 is 0 Å². The summed E-state index contributed by atoms with van der Waals surface area (Å²) in [5, 5.41) is 27.0. The number of nitrogens with two attached hydrogens (primary N) is 3. The zero-order valence-electron chi connectivity index (χ0n) is 21.3. The number of aliphatic hydroxyl groups excluding tert-OH is 1. The lowest BCUT2D eigenvalue weighted by Crippen LogP contribution is -2.60. The summed E-state index contributed by atoms with van der Waals surface area (Å²) in [7, 11) is 0. The molecule has 2 rings (SSSR count). The molecule has 2 aromatic heterocycles. The summed E-state index contributed by atoms with van der Waals surface area (Å²) in [5.74, 6) is -3.80. The fraction of sp³-hybridized carbons (Fsp3) is 0.500. The van der Waals surface area contributed by atoms with Crippen molar-refractivity contribution in [2.24, 2.45) is 22.2 Å². The third-order valence-corrected chi connectivity index (χ3v) is 5.57. The van der Waals surface area contributed by atoms with E-state index in [1.807, 2.05) is 0 Å². The SMILES string of the molecule is CC(O)C(NC(=O)C(Cc1cnc[nH]1)NC(=O)C(N)CCCN=C(N)N)C(=O)NC(Cc1cnc[nH]1)C(=O)O. The van der Waals surface area contributed by atoms with Crippen LogP contribution < -0.4 is 33.2 Å². The van der Waals surface area contributed by atoms with E-state index < -0.39 is 54.0 Å². The third kappa shape index (κ3) is 10.4. The molecule has 0 aliphatic heterocycles. The van der Waals surface area contributed by atoms with Crippen LogP contribution in [0.15, 0.2) is 30.0 Å². The number of aromatic amines is 2. The zero-order chi connectivity index (χ0) is 28.9. The summed E-state index contributed by atoms with van der Waals surface area (Å²) < 4.78 is 0. The van der Waals surface area contributed by atoms with E-state index in [2.05, 4.69) is 40.9 Å². The summed E-state index contributed by atoms with van der Waals surface area (Å²) in [6.07, 6.45) is 4.70. The van der Waals surface area contributed by atoms with E-state index >= 15 is 0 Å². The van der Waals surface area contributed by atoms with Gasteiger partial charge in [-0.05, 0) is 19.8 Å². The van der Waals surface area contributed by atoms with Gasteiger partial charge in [0, 0.05) is 43.2 Å². The number of aliphatic carboxylic acids is 1. The number of rotatable bonds is 16. The number of nitrogens with one attached hydrogen (secondary N) is 5. The van der Waals surface area contributed by atoms with Crippen molar-refractivity contribution >= 4 is 29.7 Å². The first-order valence-electron chi connectivity index (χ1n) is 12.0. The van der Waals surface area contributed by atoms with E-state index in [4.69, 9.17) is 17.2 Å². The number of hydrogen-bond donors (Lipinski definition) is 10. The van der Waals surface area contributed by atoms with Crippen LogP contribution in [0.1, 0.15) is 31.2 Å². The number of hydrogen-bond acceptors (Lipinski definition) is 9. The maximum atomic E-state index is 13.2. The van der Waals surface area contributed by atoms with Gasteiger partial charge in [0.1, 0.15) is 18.1 Å². The minimum atomic E-state index is -1.53. The number of aromatic nitrogens is 4. The first-order chi connectivity index (χ1) is 18.5. The largest absolute Gasteiger partial charge is 0.480 e. The van der Waals surface area contributed by atoms with Gasteiger partial charge in [-0.15, -0.1) is 0 Å². The van der Waals surface area contributed by atoms with Crippen LogP contribution in [0, 0.1) is 0 Å². The highest BCUT2D eigenvalue weighted by Crippen LogP contribution is 2.05. The molecule has 0 aromatic carbocycles. The Morgan fingerprint density at radius 2 is 1.51 bits per heavy atom. The van der Waals surface area contributed by atoms with Crippen molar-refractivity contribution in [1.29, 1.82) is 0 Å². The van der Waals surface area contributed by atoms with Crippen molar-refractivity contribution in [2.75, 3.05) is 6.54 Å². The van der Waals surface area contributed by atoms with Gasteiger partial charge in [0.15, 0.2) is 5.96 Å². The molecule has 214 valence electrons. The van der Waals surface area contributed by atoms with Crippen molar-refractivity contribution in [3.05, 3.63) is 36.4 Å². The first kappa shape index (κ1) is 30.7. The van der Waals surface area contributed by atoms with Gasteiger partial charge < -0.3 is 53.3 Å². The number of guanidine groups is 1. The Balaban J connectivity index is 2.10. The van der Waals surface area contributed by atoms with Gasteiger partial charge in [-0.25, -0.2) is 14.8 Å². The molecule has 13 N–H and O–H groups in total. The van der Waals surface area contributed by atoms with Crippen molar-refractivity contribution in [1.82, 2.24) is 35.9 Å². The molecule has 2 aromatic rings. The number of imidazole rings is 2. The van der Waals surface area contributed by atoms with Gasteiger partial charge in [0.2, 0.25) is 17.7 Å². The number of aliphatic imine (C=N–C) groups is 1. The second-order valence-electron chi connectivity index (χ2n) is 8.80. The van der Waals surface area contributed by atoms with Crippen LogP contribution in [0.25, 0.3) is 0 Å². The third-order valence-electron chi connectivity index (χ3n) is 5.57. The minimum absolute atomic E-state index is 0.0377. The number of H-pyrrole nitrogens is 2. The van der Waals surface area contributed by atoms with Gasteiger partial charge in [0.25, 0.3) is 0 Å². The number of nitrogens with zero attached hydrogens (tertiary/aromatic N) is 3. The number of carboxylic acids is 1. The van der Waals surface area contributed by atoms with Crippen molar-refractivity contribution < 1.29 is 29.4 Å². The molecule has 17 heteroatoms. The molecule has 2 heterocycles. The molecule has 0 spiro atoms. The van der Waals surface area contributed by atoms with Crippen molar-refractivity contribution in [3.63, 3.8) is 0 Å². The van der Waals surface area contributed by atoms with E-state index in [1.165, 1.54) is 32.0 Å². The van der Waals surface area contributed by atoms with E-state index in [9.17, 15) is 29.4 Å². The van der Waals surface area contributed by atoms with E-state index in [1.54, 1.807) is 0 Å². The maximum absolute atomic E-state index is 13.2. The lowest BCUT2D eigenvalue weighted by Gasteiger charge is -2.26. The molecule has 5 atom stereocenters. The van der Waals surface area contributed by atoms with Crippen LogP contribution in [-0.2, 0) is 32.0 Å². The average molecular weight is 550 g/mol. The Morgan fingerprint density at radius 3 is 2.00 bits per heavy atom. The standard InChI is InChI=1S/C22H35N11O6/c1-11(34)17(20(37)32-16(21(38)39)6-13-8-27-10-30-13)33-19(36)15(5-12-7-26-9-29-12)31-18(35)14(23)3-2-4-28-22(24)25/h7-11,14-17,34H,2-6,23H2,1H3,(H,26,29)(H,27,30)(H,31,35)(H,32,37)(H,33,36)(H,38,39)(H4,24,25,28). The molecule has 0 saturated heterocycles. The fourth-order valence-electron chi connectivity index (χ4n) is 3.49. The van der Waals surface area contributed by atoms with Crippen LogP contribution in [0.4, 0.5) is 0 Å². The van der Waals surface area contributed by atoms with Crippen molar-refractivity contribution in [2.45, 2.75) is 62.9 Å². The summed E-state index contributed by atoms with van der Waals surface area (Å²) in [6.45, 7) is 1.52. The smallest absolute Gasteiger partial charge is 0.326 e. The molecule has 0 fully saturated rings. The highest BCUT2D eigenvalue weighted by molar-refractivity contribution is 5.94. The predicted octanol–water partition coefficient (Wildman–Crippen LogP) is -3.78. The first-order valence-corrected chi connectivity index (χ1v) is 12.0. The number of carbonyl (C=O) groups is 4. The van der Waals surface area contributed by atoms with Crippen LogP contribution in [0.2, 0.25) is 0 Å². The number of carboxylic acid groups (broad SMARTS) is 1. The van der Waals surface area contributed by atoms with Gasteiger partial charge in [-0.2, -0.15) is 0 Å². The molecule has 3 amide bonds. The topological polar surface area (TPSA) is 293 Å². The molecule has 0 aliphatic rings. The summed E-state index contributed by atoms with van der Waals surface area (Å²) in [5.41, 5.74) is 17.5. The molecule has 0 saturated carbocycles. The monoisotopic (exact) mass is 549 g/mol. The quantitative estimate of drug-likeness (QED) is 0.0550. The number of carbonyl (C=O) groups excluding carboxylic acids is 3. The highest BCUT2D eigenvalue weighted by Gasteiger charge is 2.33. The van der Waals surface area contributed by atoms with Gasteiger partial charge in [0.05, 0.1) is 24.8 Å². The molecule has 0 aliphatic carbocycles. The van der Waals surface area contributed by atoms with Crippen LogP contribution in [-0.4, -0.2) is 96.6 Å². The number of aliphatic hydroxyl groups is 1. The molecule has 0 radical (unpaired) electrons. The second kappa shape index (κ2) is 15.0. The van der Waals surface area contributed by atoms with Gasteiger partial charge in [-0.1, -0.05) is 0 Å². The second-order valence-corrected chi connectivity index (χ2v) is 8.80. The van der Waals surface area contributed by atoms with Crippen LogP contribution in [0.5, 0.6) is 0 Å². The fourth-order valence-corrected chi connectivity index (χ4v) is 3.49. The minimum Gasteiger partial charge on any atom is -0.480 e. The normalized spacial score (nSPS) is 14.7. The molecule has 5 unspecified atom stereocenters. The summed E-state index contributed by atoms with van der Waals surface area (Å²) >= 11 is 0. The van der Waals surface area contributed by atoms with E-state index in [0.29, 0.717) is 17.8 Å². The Bertz CT molecular complexity index is 1100. The Labute approximate surface area is 223 Å². The summed E-state index contributed by atoms with van der Waals surface area (Å²) in [6, 6.07) is -5.09. The molecule has 39 heavy (non-hydrogen) atoms. The lowest BCUT2D eigenvalue weighted by molar-refractivity contribution is -0.143. The predicted molar refractivity (Wildman–Crippen MR) is 138 cm³/mol.